The van der Waals surface area contributed by atoms with Gasteiger partial charge in [0.1, 0.15) is 6.61 Å². The average Bonchev–Trinajstić information content (AvgIpc) is 2.77. The Hall–Kier alpha value is -0.980. The summed E-state index contributed by atoms with van der Waals surface area (Å²) >= 11 is 0. The van der Waals surface area contributed by atoms with Gasteiger partial charge in [0, 0.05) is 20.2 Å². The number of ether oxygens (including phenoxy) is 2. The Morgan fingerprint density at radius 1 is 1.39 bits per heavy atom. The molecule has 1 aromatic heterocycles. The Morgan fingerprint density at radius 2 is 2.22 bits per heavy atom. The number of rotatable bonds is 6. The molecule has 1 aliphatic heterocycles. The third kappa shape index (κ3) is 2.88. The van der Waals surface area contributed by atoms with Gasteiger partial charge in [0.25, 0.3) is 0 Å². The lowest BCUT2D eigenvalue weighted by Crippen LogP contribution is -2.37. The number of methoxy groups -OCH3 is 1. The van der Waals surface area contributed by atoms with Crippen molar-refractivity contribution >= 4 is 0 Å². The molecule has 2 heterocycles. The molecule has 6 nitrogen and oxygen atoms in total. The second-order valence-electron chi connectivity index (χ2n) is 4.85. The smallest absolute Gasteiger partial charge is 0.159 e. The summed E-state index contributed by atoms with van der Waals surface area (Å²) in [7, 11) is 1.67. The molecule has 0 saturated carbocycles. The largest absolute Gasteiger partial charge is 0.382 e. The molecule has 1 aromatic rings. The summed E-state index contributed by atoms with van der Waals surface area (Å²) in [6.07, 6.45) is 0. The van der Waals surface area contributed by atoms with Crippen LogP contribution in [0.5, 0.6) is 0 Å². The van der Waals surface area contributed by atoms with Gasteiger partial charge in [0.05, 0.1) is 19.3 Å². The number of nitrogens with zero attached hydrogens (tertiary/aromatic N) is 3. The molecule has 1 aliphatic rings. The first-order chi connectivity index (χ1) is 8.74. The Kier molecular flexibility index (Phi) is 4.68. The fourth-order valence-corrected chi connectivity index (χ4v) is 2.19. The zero-order valence-electron chi connectivity index (χ0n) is 11.3. The van der Waals surface area contributed by atoms with Gasteiger partial charge in [-0.2, -0.15) is 0 Å². The van der Waals surface area contributed by atoms with E-state index < -0.39 is 0 Å². The van der Waals surface area contributed by atoms with Crippen molar-refractivity contribution in [1.29, 1.82) is 0 Å². The molecule has 102 valence electrons. The van der Waals surface area contributed by atoms with Crippen LogP contribution in [0.15, 0.2) is 0 Å². The lowest BCUT2D eigenvalue weighted by molar-refractivity contribution is 0.0568. The Bertz CT molecular complexity index is 378. The molecule has 1 unspecified atom stereocenters. The van der Waals surface area contributed by atoms with Crippen LogP contribution in [0.2, 0.25) is 0 Å². The fourth-order valence-electron chi connectivity index (χ4n) is 2.19. The Balaban J connectivity index is 2.01. The molecule has 0 aromatic carbocycles. The monoisotopic (exact) mass is 254 g/mol. The maximum Gasteiger partial charge on any atom is 0.159 e. The molecule has 1 N–H and O–H groups in total. The molecule has 0 saturated heterocycles. The number of nitrogens with one attached hydrogen (secondary N) is 1. The lowest BCUT2D eigenvalue weighted by atomic mass is 10.0. The molecule has 0 amide bonds. The molecule has 0 fully saturated rings. The molecule has 18 heavy (non-hydrogen) atoms. The van der Waals surface area contributed by atoms with Crippen molar-refractivity contribution in [2.75, 3.05) is 26.9 Å². The van der Waals surface area contributed by atoms with Crippen molar-refractivity contribution < 1.29 is 9.47 Å². The number of aromatic nitrogens is 3. The van der Waals surface area contributed by atoms with Gasteiger partial charge in [0.2, 0.25) is 0 Å². The molecular formula is C12H22N4O2. The molecule has 6 heteroatoms. The van der Waals surface area contributed by atoms with Crippen molar-refractivity contribution in [1.82, 2.24) is 20.1 Å². The third-order valence-electron chi connectivity index (χ3n) is 3.16. The van der Waals surface area contributed by atoms with Crippen LogP contribution < -0.4 is 5.32 Å². The second-order valence-corrected chi connectivity index (χ2v) is 4.85. The van der Waals surface area contributed by atoms with Gasteiger partial charge < -0.3 is 19.4 Å². The zero-order valence-corrected chi connectivity index (χ0v) is 11.3. The SMILES string of the molecule is COCCOCc1nnc2n1CCNC2C(C)C. The first-order valence-electron chi connectivity index (χ1n) is 6.46. The average molecular weight is 254 g/mol. The van der Waals surface area contributed by atoms with Crippen molar-refractivity contribution in [2.24, 2.45) is 5.92 Å². The van der Waals surface area contributed by atoms with Gasteiger partial charge in [-0.15, -0.1) is 10.2 Å². The van der Waals surface area contributed by atoms with E-state index in [-0.39, 0.29) is 0 Å². The Labute approximate surface area is 108 Å². The van der Waals surface area contributed by atoms with Crippen molar-refractivity contribution in [2.45, 2.75) is 33.0 Å². The van der Waals surface area contributed by atoms with Crippen LogP contribution in [0, 0.1) is 5.92 Å². The van der Waals surface area contributed by atoms with Gasteiger partial charge in [-0.05, 0) is 5.92 Å². The summed E-state index contributed by atoms with van der Waals surface area (Å²) in [6, 6.07) is 0.291. The molecule has 0 radical (unpaired) electrons. The summed E-state index contributed by atoms with van der Waals surface area (Å²) in [4.78, 5) is 0. The fraction of sp³-hybridized carbons (Fsp3) is 0.833. The number of hydrogen-bond donors (Lipinski definition) is 1. The minimum atomic E-state index is 0.291. The van der Waals surface area contributed by atoms with E-state index >= 15 is 0 Å². The van der Waals surface area contributed by atoms with E-state index in [1.807, 2.05) is 0 Å². The van der Waals surface area contributed by atoms with Crippen molar-refractivity contribution in [3.05, 3.63) is 11.6 Å². The Morgan fingerprint density at radius 3 is 2.94 bits per heavy atom. The highest BCUT2D eigenvalue weighted by Gasteiger charge is 2.26. The topological polar surface area (TPSA) is 61.2 Å². The normalized spacial score (nSPS) is 19.2. The van der Waals surface area contributed by atoms with Gasteiger partial charge in [-0.25, -0.2) is 0 Å². The van der Waals surface area contributed by atoms with Crippen LogP contribution in [0.1, 0.15) is 31.5 Å². The zero-order chi connectivity index (χ0) is 13.0. The van der Waals surface area contributed by atoms with Crippen molar-refractivity contribution in [3.8, 4) is 0 Å². The van der Waals surface area contributed by atoms with Crippen LogP contribution in [0.4, 0.5) is 0 Å². The molecule has 0 bridgehead atoms. The van der Waals surface area contributed by atoms with E-state index in [4.69, 9.17) is 9.47 Å². The highest BCUT2D eigenvalue weighted by atomic mass is 16.5. The second kappa shape index (κ2) is 6.26. The highest BCUT2D eigenvalue weighted by Crippen LogP contribution is 2.23. The standard InChI is InChI=1S/C12H22N4O2/c1-9(2)11-12-15-14-10(8-18-7-6-17-3)16(12)5-4-13-11/h9,11,13H,4-8H2,1-3H3. The summed E-state index contributed by atoms with van der Waals surface area (Å²) in [5.74, 6) is 2.45. The quantitative estimate of drug-likeness (QED) is 0.759. The van der Waals surface area contributed by atoms with Gasteiger partial charge in [-0.3, -0.25) is 0 Å². The van der Waals surface area contributed by atoms with E-state index in [0.717, 1.165) is 24.7 Å². The van der Waals surface area contributed by atoms with E-state index in [0.29, 0.717) is 31.8 Å². The van der Waals surface area contributed by atoms with E-state index in [9.17, 15) is 0 Å². The first kappa shape index (κ1) is 13.5. The van der Waals surface area contributed by atoms with E-state index in [1.165, 1.54) is 0 Å². The van der Waals surface area contributed by atoms with Gasteiger partial charge in [0.15, 0.2) is 11.6 Å². The molecular weight excluding hydrogens is 232 g/mol. The van der Waals surface area contributed by atoms with E-state index in [1.54, 1.807) is 7.11 Å². The lowest BCUT2D eigenvalue weighted by Gasteiger charge is -2.27. The predicted molar refractivity (Wildman–Crippen MR) is 67.1 cm³/mol. The maximum atomic E-state index is 5.51. The molecule has 1 atom stereocenters. The number of hydrogen-bond acceptors (Lipinski definition) is 5. The summed E-state index contributed by atoms with van der Waals surface area (Å²) < 4.78 is 12.6. The van der Waals surface area contributed by atoms with Crippen LogP contribution in [0.3, 0.4) is 0 Å². The van der Waals surface area contributed by atoms with Crippen molar-refractivity contribution in [3.63, 3.8) is 0 Å². The van der Waals surface area contributed by atoms with E-state index in [2.05, 4.69) is 33.9 Å². The highest BCUT2D eigenvalue weighted by molar-refractivity contribution is 5.04. The minimum Gasteiger partial charge on any atom is -0.382 e. The third-order valence-corrected chi connectivity index (χ3v) is 3.16. The predicted octanol–water partition coefficient (Wildman–Crippen LogP) is 0.741. The maximum absolute atomic E-state index is 5.51. The summed E-state index contributed by atoms with van der Waals surface area (Å²) in [6.45, 7) is 7.95. The van der Waals surface area contributed by atoms with Gasteiger partial charge in [-0.1, -0.05) is 13.8 Å². The minimum absolute atomic E-state index is 0.291. The molecule has 0 aliphatic carbocycles. The van der Waals surface area contributed by atoms with Crippen LogP contribution in [-0.4, -0.2) is 41.6 Å². The van der Waals surface area contributed by atoms with Crippen LogP contribution in [-0.2, 0) is 22.6 Å². The summed E-state index contributed by atoms with van der Waals surface area (Å²) in [5.41, 5.74) is 0. The van der Waals surface area contributed by atoms with Crippen LogP contribution >= 0.6 is 0 Å². The number of fused-ring (bicyclic) bond motifs is 1. The molecule has 0 spiro atoms. The first-order valence-corrected chi connectivity index (χ1v) is 6.46. The molecule has 2 rings (SSSR count). The van der Waals surface area contributed by atoms with Crippen LogP contribution in [0.25, 0.3) is 0 Å². The summed E-state index contributed by atoms with van der Waals surface area (Å²) in [5, 5.41) is 12.0. The van der Waals surface area contributed by atoms with Gasteiger partial charge >= 0.3 is 0 Å².